The van der Waals surface area contributed by atoms with Crippen LogP contribution in [0.4, 0.5) is 22.3 Å². The van der Waals surface area contributed by atoms with Gasteiger partial charge in [0.05, 0.1) is 15.9 Å². The van der Waals surface area contributed by atoms with Gasteiger partial charge in [0.25, 0.3) is 0 Å². The van der Waals surface area contributed by atoms with Crippen molar-refractivity contribution in [2.24, 2.45) is 0 Å². The Labute approximate surface area is 168 Å². The normalized spacial score (nSPS) is 10.8. The maximum Gasteiger partial charge on any atom is 0.335 e. The van der Waals surface area contributed by atoms with Crippen LogP contribution < -0.4 is 16.4 Å². The molecule has 27 heavy (non-hydrogen) atoms. The van der Waals surface area contributed by atoms with Crippen LogP contribution in [0.3, 0.4) is 0 Å². The Bertz CT molecular complexity index is 788. The lowest BCUT2D eigenvalue weighted by Crippen LogP contribution is -2.37. The van der Waals surface area contributed by atoms with Crippen LogP contribution in [0.1, 0.15) is 13.3 Å². The second-order valence-corrected chi connectivity index (χ2v) is 7.31. The van der Waals surface area contributed by atoms with E-state index in [0.717, 1.165) is 6.42 Å². The fourth-order valence-electron chi connectivity index (χ4n) is 2.42. The van der Waals surface area contributed by atoms with Gasteiger partial charge in [0, 0.05) is 30.9 Å². The number of carbonyl (C=O) groups excluding carboxylic acids is 1. The van der Waals surface area contributed by atoms with Crippen LogP contribution in [0.25, 0.3) is 0 Å². The van der Waals surface area contributed by atoms with Crippen molar-refractivity contribution < 1.29 is 9.72 Å². The Morgan fingerprint density at radius 1 is 1.44 bits per heavy atom. The first-order valence-electron chi connectivity index (χ1n) is 8.16. The Kier molecular flexibility index (Phi) is 7.88. The molecule has 0 spiro atoms. The number of carbonyl (C=O) groups is 1. The second kappa shape index (κ2) is 10.1. The minimum atomic E-state index is -0.569. The van der Waals surface area contributed by atoms with E-state index in [1.165, 1.54) is 17.5 Å². The van der Waals surface area contributed by atoms with Gasteiger partial charge in [-0.2, -0.15) is 0 Å². The molecular weight excluding hydrogens is 438 g/mol. The number of rotatable bonds is 10. The van der Waals surface area contributed by atoms with Crippen molar-refractivity contribution >= 4 is 55.5 Å². The zero-order chi connectivity index (χ0) is 19.8. The first kappa shape index (κ1) is 21.0. The lowest BCUT2D eigenvalue weighted by molar-refractivity contribution is -0.383. The van der Waals surface area contributed by atoms with Crippen molar-refractivity contribution in [2.75, 3.05) is 42.5 Å². The largest absolute Gasteiger partial charge is 0.378 e. The molecule has 4 N–H and O–H groups in total. The van der Waals surface area contributed by atoms with Crippen molar-refractivity contribution in [2.45, 2.75) is 13.3 Å². The maximum atomic E-state index is 12.1. The molecule has 2 heterocycles. The first-order chi connectivity index (χ1) is 12.9. The molecule has 2 aromatic heterocycles. The summed E-state index contributed by atoms with van der Waals surface area (Å²) < 4.78 is 0.451. The molecule has 0 bridgehead atoms. The van der Waals surface area contributed by atoms with Gasteiger partial charge in [-0.15, -0.1) is 11.3 Å². The van der Waals surface area contributed by atoms with Crippen LogP contribution in [0.5, 0.6) is 0 Å². The molecule has 0 aliphatic rings. The van der Waals surface area contributed by atoms with Gasteiger partial charge in [-0.25, -0.2) is 9.97 Å². The number of nitrogen functional groups attached to an aromatic ring is 1. The molecule has 0 unspecified atom stereocenters. The molecule has 2 aromatic rings. The van der Waals surface area contributed by atoms with Crippen molar-refractivity contribution in [3.63, 3.8) is 0 Å². The predicted octanol–water partition coefficient (Wildman–Crippen LogP) is 2.55. The molecule has 0 saturated heterocycles. The highest BCUT2D eigenvalue weighted by molar-refractivity contribution is 9.10. The number of nitrogens with zero attached hydrogens (tertiary/aromatic N) is 4. The van der Waals surface area contributed by atoms with Crippen LogP contribution in [-0.2, 0) is 4.79 Å². The summed E-state index contributed by atoms with van der Waals surface area (Å²) in [6.07, 6.45) is 3.91. The van der Waals surface area contributed by atoms with Gasteiger partial charge in [0.1, 0.15) is 5.69 Å². The minimum Gasteiger partial charge on any atom is -0.378 e. The number of hydrogen-bond donors (Lipinski definition) is 3. The number of hydrogen-bond acceptors (Lipinski definition) is 9. The SMILES string of the molecule is CCCN(CCNc1c(Br)cnc(N)c1[N+](=O)[O-])CC(=O)Nc1nccs1. The molecule has 146 valence electrons. The van der Waals surface area contributed by atoms with Crippen LogP contribution in [0.2, 0.25) is 0 Å². The number of halogens is 1. The van der Waals surface area contributed by atoms with Gasteiger partial charge < -0.3 is 16.4 Å². The van der Waals surface area contributed by atoms with Crippen molar-refractivity contribution in [3.8, 4) is 0 Å². The molecule has 0 saturated carbocycles. The van der Waals surface area contributed by atoms with Gasteiger partial charge >= 0.3 is 5.69 Å². The molecule has 0 aromatic carbocycles. The van der Waals surface area contributed by atoms with Gasteiger partial charge in [0.15, 0.2) is 5.13 Å². The summed E-state index contributed by atoms with van der Waals surface area (Å²) in [4.78, 5) is 32.6. The van der Waals surface area contributed by atoms with E-state index in [1.807, 2.05) is 11.8 Å². The summed E-state index contributed by atoms with van der Waals surface area (Å²) in [6, 6.07) is 0. The number of aromatic nitrogens is 2. The topological polar surface area (TPSA) is 139 Å². The van der Waals surface area contributed by atoms with Crippen LogP contribution >= 0.6 is 27.3 Å². The number of amides is 1. The average molecular weight is 458 g/mol. The highest BCUT2D eigenvalue weighted by Gasteiger charge is 2.22. The minimum absolute atomic E-state index is 0.154. The summed E-state index contributed by atoms with van der Waals surface area (Å²) in [6.45, 7) is 3.86. The van der Waals surface area contributed by atoms with Crippen molar-refractivity contribution in [1.82, 2.24) is 14.9 Å². The third-order valence-corrected chi connectivity index (χ3v) is 4.82. The highest BCUT2D eigenvalue weighted by Crippen LogP contribution is 2.35. The number of nitro groups is 1. The van der Waals surface area contributed by atoms with Gasteiger partial charge in [-0.3, -0.25) is 19.8 Å². The smallest absolute Gasteiger partial charge is 0.335 e. The standard InChI is InChI=1S/C15H20BrN7O3S/c1-2-5-22(9-11(24)21-15-19-4-7-27-15)6-3-18-12-10(16)8-20-14(17)13(12)23(25)26/h4,7-8H,2-3,5-6,9H2,1H3,(H3,17,18,20)(H,19,21,24). The third kappa shape index (κ3) is 6.12. The Morgan fingerprint density at radius 2 is 2.22 bits per heavy atom. The zero-order valence-electron chi connectivity index (χ0n) is 14.6. The van der Waals surface area contributed by atoms with E-state index in [0.29, 0.717) is 29.2 Å². The Hall–Kier alpha value is -2.31. The van der Waals surface area contributed by atoms with Gasteiger partial charge in [-0.1, -0.05) is 6.92 Å². The Balaban J connectivity index is 1.95. The van der Waals surface area contributed by atoms with E-state index in [1.54, 1.807) is 11.6 Å². The van der Waals surface area contributed by atoms with E-state index < -0.39 is 4.92 Å². The van der Waals surface area contributed by atoms with E-state index in [9.17, 15) is 14.9 Å². The summed E-state index contributed by atoms with van der Waals surface area (Å²) in [5.74, 6) is -0.308. The van der Waals surface area contributed by atoms with Gasteiger partial charge in [0.2, 0.25) is 11.7 Å². The van der Waals surface area contributed by atoms with Crippen LogP contribution in [0, 0.1) is 10.1 Å². The number of nitrogens with two attached hydrogens (primary N) is 1. The molecule has 0 aliphatic carbocycles. The third-order valence-electron chi connectivity index (χ3n) is 3.53. The first-order valence-corrected chi connectivity index (χ1v) is 9.83. The maximum absolute atomic E-state index is 12.1. The number of anilines is 3. The van der Waals surface area contributed by atoms with E-state index in [-0.39, 0.29) is 29.6 Å². The van der Waals surface area contributed by atoms with Crippen molar-refractivity contribution in [1.29, 1.82) is 0 Å². The molecule has 0 aliphatic heterocycles. The highest BCUT2D eigenvalue weighted by atomic mass is 79.9. The summed E-state index contributed by atoms with van der Waals surface area (Å²) in [7, 11) is 0. The fourth-order valence-corrected chi connectivity index (χ4v) is 3.39. The van der Waals surface area contributed by atoms with E-state index in [2.05, 4.69) is 36.5 Å². The molecule has 0 radical (unpaired) electrons. The number of nitrogens with one attached hydrogen (secondary N) is 2. The molecule has 0 atom stereocenters. The summed E-state index contributed by atoms with van der Waals surface area (Å²) >= 11 is 4.61. The predicted molar refractivity (Wildman–Crippen MR) is 109 cm³/mol. The molecule has 1 amide bonds. The monoisotopic (exact) mass is 457 g/mol. The van der Waals surface area contributed by atoms with E-state index in [4.69, 9.17) is 5.73 Å². The Morgan fingerprint density at radius 3 is 2.85 bits per heavy atom. The average Bonchev–Trinajstić information content (AvgIpc) is 3.10. The number of thiazole rings is 1. The van der Waals surface area contributed by atoms with Crippen LogP contribution in [-0.4, -0.2) is 51.9 Å². The zero-order valence-corrected chi connectivity index (χ0v) is 17.0. The van der Waals surface area contributed by atoms with Crippen LogP contribution in [0.15, 0.2) is 22.2 Å². The molecule has 12 heteroatoms. The van der Waals surface area contributed by atoms with Gasteiger partial charge in [-0.05, 0) is 28.9 Å². The molecule has 2 rings (SSSR count). The number of pyridine rings is 1. The quantitative estimate of drug-likeness (QED) is 0.365. The lowest BCUT2D eigenvalue weighted by atomic mass is 10.3. The van der Waals surface area contributed by atoms with Crippen molar-refractivity contribution in [3.05, 3.63) is 32.4 Å². The molecule has 0 fully saturated rings. The fraction of sp³-hybridized carbons (Fsp3) is 0.400. The molecule has 10 nitrogen and oxygen atoms in total. The molecular formula is C15H20BrN7O3S. The summed E-state index contributed by atoms with van der Waals surface area (Å²) in [5, 5.41) is 19.4. The second-order valence-electron chi connectivity index (χ2n) is 5.56. The van der Waals surface area contributed by atoms with E-state index >= 15 is 0 Å². The summed E-state index contributed by atoms with van der Waals surface area (Å²) in [5.41, 5.74) is 5.62. The lowest BCUT2D eigenvalue weighted by Gasteiger charge is -2.21.